The number of hydrogen-bond acceptors (Lipinski definition) is 5. The van der Waals surface area contributed by atoms with Gasteiger partial charge in [0.05, 0.1) is 10.7 Å². The zero-order valence-corrected chi connectivity index (χ0v) is 16.0. The number of thiazole rings is 1. The Kier molecular flexibility index (Phi) is 4.41. The zero-order valence-electron chi connectivity index (χ0n) is 15.1. The fourth-order valence-electron chi connectivity index (χ4n) is 3.90. The monoisotopic (exact) mass is 370 g/mol. The summed E-state index contributed by atoms with van der Waals surface area (Å²) in [4.78, 5) is 20.7. The van der Waals surface area contributed by atoms with Gasteiger partial charge in [-0.05, 0) is 63.6 Å². The SMILES string of the molecule is O=c1ccc(C2CC2)nn1CC1CCN(Cc2cnc(C3CC3)s2)CC1. The van der Waals surface area contributed by atoms with Crippen molar-refractivity contribution in [2.45, 2.75) is 63.5 Å². The maximum absolute atomic E-state index is 12.1. The van der Waals surface area contributed by atoms with E-state index < -0.39 is 0 Å². The van der Waals surface area contributed by atoms with Crippen molar-refractivity contribution >= 4 is 11.3 Å². The van der Waals surface area contributed by atoms with Crippen LogP contribution < -0.4 is 5.56 Å². The highest BCUT2D eigenvalue weighted by Crippen LogP contribution is 2.42. The van der Waals surface area contributed by atoms with Gasteiger partial charge in [-0.15, -0.1) is 11.3 Å². The molecule has 2 aromatic heterocycles. The Morgan fingerprint density at radius 3 is 2.54 bits per heavy atom. The summed E-state index contributed by atoms with van der Waals surface area (Å²) in [5.41, 5.74) is 1.16. The topological polar surface area (TPSA) is 51.0 Å². The van der Waals surface area contributed by atoms with E-state index in [0.29, 0.717) is 11.8 Å². The van der Waals surface area contributed by atoms with Crippen LogP contribution in [-0.2, 0) is 13.1 Å². The molecule has 26 heavy (non-hydrogen) atoms. The number of nitrogens with zero attached hydrogens (tertiary/aromatic N) is 4. The molecule has 0 unspecified atom stereocenters. The molecule has 138 valence electrons. The summed E-state index contributed by atoms with van der Waals surface area (Å²) < 4.78 is 1.72. The molecule has 0 radical (unpaired) electrons. The minimum absolute atomic E-state index is 0.0501. The van der Waals surface area contributed by atoms with Crippen molar-refractivity contribution in [3.05, 3.63) is 44.3 Å². The van der Waals surface area contributed by atoms with Crippen molar-refractivity contribution in [1.82, 2.24) is 19.7 Å². The molecule has 0 N–H and O–H groups in total. The molecular formula is C20H26N4OS. The molecular weight excluding hydrogens is 344 g/mol. The van der Waals surface area contributed by atoms with Crippen molar-refractivity contribution in [3.8, 4) is 0 Å². The van der Waals surface area contributed by atoms with E-state index in [1.165, 1.54) is 35.6 Å². The van der Waals surface area contributed by atoms with E-state index in [-0.39, 0.29) is 5.56 Å². The zero-order chi connectivity index (χ0) is 17.5. The van der Waals surface area contributed by atoms with E-state index in [1.807, 2.05) is 17.4 Å². The lowest BCUT2D eigenvalue weighted by Crippen LogP contribution is -2.36. The minimum Gasteiger partial charge on any atom is -0.298 e. The van der Waals surface area contributed by atoms with Crippen LogP contribution in [0, 0.1) is 5.92 Å². The molecule has 5 nitrogen and oxygen atoms in total. The van der Waals surface area contributed by atoms with E-state index in [1.54, 1.807) is 10.7 Å². The van der Waals surface area contributed by atoms with Gasteiger partial charge in [-0.3, -0.25) is 9.69 Å². The van der Waals surface area contributed by atoms with E-state index in [4.69, 9.17) is 0 Å². The molecule has 3 fully saturated rings. The van der Waals surface area contributed by atoms with Crippen molar-refractivity contribution in [2.24, 2.45) is 5.92 Å². The second-order valence-corrected chi connectivity index (χ2v) is 9.36. The molecule has 2 aromatic rings. The average Bonchev–Trinajstić information content (AvgIpc) is 3.57. The second kappa shape index (κ2) is 6.89. The molecule has 3 aliphatic rings. The molecule has 1 saturated heterocycles. The standard InChI is InChI=1S/C20H26N4OS/c25-19-6-5-18(15-1-2-15)22-24(19)12-14-7-9-23(10-8-14)13-17-11-21-20(26-17)16-3-4-16/h5-6,11,14-16H,1-4,7-10,12-13H2. The van der Waals surface area contributed by atoms with Crippen LogP contribution in [0.15, 0.2) is 23.1 Å². The molecule has 3 heterocycles. The van der Waals surface area contributed by atoms with Gasteiger partial charge < -0.3 is 0 Å². The highest BCUT2D eigenvalue weighted by Gasteiger charge is 2.28. The average molecular weight is 371 g/mol. The summed E-state index contributed by atoms with van der Waals surface area (Å²) in [6.45, 7) is 4.03. The predicted molar refractivity (Wildman–Crippen MR) is 103 cm³/mol. The fraction of sp³-hybridized carbons (Fsp3) is 0.650. The van der Waals surface area contributed by atoms with E-state index in [9.17, 15) is 4.79 Å². The Labute approximate surface area is 158 Å². The number of aromatic nitrogens is 3. The van der Waals surface area contributed by atoms with Crippen LogP contribution in [0.3, 0.4) is 0 Å². The van der Waals surface area contributed by atoms with Crippen molar-refractivity contribution in [2.75, 3.05) is 13.1 Å². The van der Waals surface area contributed by atoms with Gasteiger partial charge >= 0.3 is 0 Å². The van der Waals surface area contributed by atoms with E-state index >= 15 is 0 Å². The Morgan fingerprint density at radius 1 is 1.04 bits per heavy atom. The molecule has 2 saturated carbocycles. The summed E-state index contributed by atoms with van der Waals surface area (Å²) in [5.74, 6) is 1.93. The van der Waals surface area contributed by atoms with Gasteiger partial charge in [0.1, 0.15) is 0 Å². The lowest BCUT2D eigenvalue weighted by molar-refractivity contribution is 0.164. The second-order valence-electron chi connectivity index (χ2n) is 8.21. The highest BCUT2D eigenvalue weighted by atomic mass is 32.1. The van der Waals surface area contributed by atoms with Crippen LogP contribution in [0.2, 0.25) is 0 Å². The Hall–Kier alpha value is -1.53. The maximum Gasteiger partial charge on any atom is 0.266 e. The molecule has 6 heteroatoms. The number of likely N-dealkylation sites (tertiary alicyclic amines) is 1. The Balaban J connectivity index is 1.15. The molecule has 5 rings (SSSR count). The Morgan fingerprint density at radius 2 is 1.81 bits per heavy atom. The number of piperidine rings is 1. The lowest BCUT2D eigenvalue weighted by Gasteiger charge is -2.31. The van der Waals surface area contributed by atoms with Crippen molar-refractivity contribution < 1.29 is 0 Å². The third-order valence-corrected chi connectivity index (χ3v) is 7.04. The first-order valence-corrected chi connectivity index (χ1v) is 10.8. The first-order valence-electron chi connectivity index (χ1n) is 9.99. The van der Waals surface area contributed by atoms with Gasteiger partial charge in [-0.1, -0.05) is 0 Å². The van der Waals surface area contributed by atoms with Crippen LogP contribution >= 0.6 is 11.3 Å². The van der Waals surface area contributed by atoms with Gasteiger partial charge in [0.2, 0.25) is 0 Å². The number of hydrogen-bond donors (Lipinski definition) is 0. The molecule has 0 amide bonds. The summed E-state index contributed by atoms with van der Waals surface area (Å²) in [6.07, 6.45) is 9.48. The summed E-state index contributed by atoms with van der Waals surface area (Å²) in [6, 6.07) is 3.63. The normalized spacial score (nSPS) is 22.0. The van der Waals surface area contributed by atoms with Crippen LogP contribution in [0.4, 0.5) is 0 Å². The largest absolute Gasteiger partial charge is 0.298 e. The van der Waals surface area contributed by atoms with Crippen molar-refractivity contribution in [1.29, 1.82) is 0 Å². The van der Waals surface area contributed by atoms with Crippen molar-refractivity contribution in [3.63, 3.8) is 0 Å². The Bertz CT molecular complexity index is 828. The summed E-state index contributed by atoms with van der Waals surface area (Å²) >= 11 is 1.90. The van der Waals surface area contributed by atoms with Crippen LogP contribution in [0.25, 0.3) is 0 Å². The van der Waals surface area contributed by atoms with Crippen LogP contribution in [0.5, 0.6) is 0 Å². The third kappa shape index (κ3) is 3.76. The van der Waals surface area contributed by atoms with Crippen LogP contribution in [0.1, 0.15) is 65.9 Å². The molecule has 0 aromatic carbocycles. The number of rotatable bonds is 6. The van der Waals surface area contributed by atoms with Gasteiger partial charge in [0.25, 0.3) is 5.56 Å². The molecule has 0 bridgehead atoms. The molecule has 0 atom stereocenters. The molecule has 2 aliphatic carbocycles. The predicted octanol–water partition coefficient (Wildman–Crippen LogP) is 3.37. The smallest absolute Gasteiger partial charge is 0.266 e. The van der Waals surface area contributed by atoms with Crippen LogP contribution in [-0.4, -0.2) is 32.8 Å². The minimum atomic E-state index is 0.0501. The quantitative estimate of drug-likeness (QED) is 0.782. The van der Waals surface area contributed by atoms with E-state index in [0.717, 1.165) is 50.6 Å². The molecule has 0 spiro atoms. The van der Waals surface area contributed by atoms with Gasteiger partial charge in [-0.25, -0.2) is 9.67 Å². The third-order valence-electron chi connectivity index (χ3n) is 5.90. The summed E-state index contributed by atoms with van der Waals surface area (Å²) in [7, 11) is 0. The molecule has 1 aliphatic heterocycles. The fourth-order valence-corrected chi connectivity index (χ4v) is 5.03. The first-order chi connectivity index (χ1) is 12.7. The maximum atomic E-state index is 12.1. The summed E-state index contributed by atoms with van der Waals surface area (Å²) in [5, 5.41) is 5.97. The van der Waals surface area contributed by atoms with Gasteiger partial charge in [0.15, 0.2) is 0 Å². The highest BCUT2D eigenvalue weighted by molar-refractivity contribution is 7.11. The lowest BCUT2D eigenvalue weighted by atomic mass is 9.97. The van der Waals surface area contributed by atoms with Gasteiger partial charge in [0, 0.05) is 42.1 Å². The first kappa shape index (κ1) is 16.6. The van der Waals surface area contributed by atoms with E-state index in [2.05, 4.69) is 21.2 Å². The van der Waals surface area contributed by atoms with Gasteiger partial charge in [-0.2, -0.15) is 5.10 Å².